The van der Waals surface area contributed by atoms with Crippen molar-refractivity contribution in [1.82, 2.24) is 0 Å². The van der Waals surface area contributed by atoms with Crippen molar-refractivity contribution < 1.29 is 27.4 Å². The second-order valence-corrected chi connectivity index (χ2v) is 5.07. The molecule has 3 nitrogen and oxygen atoms in total. The Bertz CT molecular complexity index is 477. The van der Waals surface area contributed by atoms with Crippen LogP contribution in [0.2, 0.25) is 0 Å². The van der Waals surface area contributed by atoms with Crippen LogP contribution in [0.5, 0.6) is 5.75 Å². The highest BCUT2D eigenvalue weighted by molar-refractivity contribution is 14.1. The molecule has 0 aliphatic carbocycles. The molecule has 0 spiro atoms. The summed E-state index contributed by atoms with van der Waals surface area (Å²) in [6.45, 7) is 4.21. The van der Waals surface area contributed by atoms with E-state index < -0.39 is 24.1 Å². The van der Waals surface area contributed by atoms with Crippen molar-refractivity contribution >= 4 is 22.6 Å². The Kier molecular flexibility index (Phi) is 8.19. The van der Waals surface area contributed by atoms with E-state index in [-0.39, 0.29) is 12.4 Å². The number of ether oxygens (including phenoxy) is 3. The third-order valence-electron chi connectivity index (χ3n) is 2.63. The van der Waals surface area contributed by atoms with Crippen LogP contribution in [-0.4, -0.2) is 25.6 Å². The molecule has 1 aromatic rings. The molecule has 0 bridgehead atoms. The molecule has 2 atom stereocenters. The predicted molar refractivity (Wildman–Crippen MR) is 86.1 cm³/mol. The average molecular weight is 430 g/mol. The summed E-state index contributed by atoms with van der Waals surface area (Å²) in [5.41, 5.74) is -0.741. The molecule has 22 heavy (non-hydrogen) atoms. The maximum atomic E-state index is 12.6. The van der Waals surface area contributed by atoms with Gasteiger partial charge in [-0.2, -0.15) is 13.2 Å². The molecular formula is C15H18F3IO3. The van der Waals surface area contributed by atoms with Crippen LogP contribution in [0.1, 0.15) is 19.4 Å². The lowest BCUT2D eigenvalue weighted by Crippen LogP contribution is -2.26. The van der Waals surface area contributed by atoms with Crippen LogP contribution in [0, 0.1) is 0 Å². The number of hydrogen-bond donors (Lipinski definition) is 0. The van der Waals surface area contributed by atoms with Crippen molar-refractivity contribution in [1.29, 1.82) is 0 Å². The molecule has 0 saturated carbocycles. The highest BCUT2D eigenvalue weighted by Crippen LogP contribution is 2.31. The number of halogens is 4. The minimum Gasteiger partial charge on any atom is -0.491 e. The fourth-order valence-corrected chi connectivity index (χ4v) is 2.15. The van der Waals surface area contributed by atoms with Gasteiger partial charge in [-0.05, 0) is 42.2 Å². The summed E-state index contributed by atoms with van der Waals surface area (Å²) in [7, 11) is 0. The van der Waals surface area contributed by atoms with Crippen LogP contribution in [0.25, 0.3) is 0 Å². The van der Waals surface area contributed by atoms with Gasteiger partial charge in [0.1, 0.15) is 18.5 Å². The summed E-state index contributed by atoms with van der Waals surface area (Å²) in [5.74, 6) is 0.148. The second kappa shape index (κ2) is 9.36. The topological polar surface area (TPSA) is 27.7 Å². The lowest BCUT2D eigenvalue weighted by Gasteiger charge is -2.20. The Morgan fingerprint density at radius 1 is 1.32 bits per heavy atom. The molecule has 7 heteroatoms. The number of hydrogen-bond acceptors (Lipinski definition) is 3. The van der Waals surface area contributed by atoms with E-state index in [1.165, 1.54) is 12.1 Å². The molecule has 0 aliphatic heterocycles. The van der Waals surface area contributed by atoms with Crippen molar-refractivity contribution in [2.24, 2.45) is 0 Å². The summed E-state index contributed by atoms with van der Waals surface area (Å²) in [6.07, 6.45) is -3.47. The molecule has 124 valence electrons. The van der Waals surface area contributed by atoms with E-state index in [9.17, 15) is 13.2 Å². The normalized spacial score (nSPS) is 15.0. The summed E-state index contributed by atoms with van der Waals surface area (Å²) in [6, 6.07) is 4.76. The fourth-order valence-electron chi connectivity index (χ4n) is 1.68. The first-order valence-electron chi connectivity index (χ1n) is 6.70. The van der Waals surface area contributed by atoms with Crippen LogP contribution in [0.3, 0.4) is 0 Å². The van der Waals surface area contributed by atoms with Gasteiger partial charge in [0.05, 0.1) is 5.56 Å². The van der Waals surface area contributed by atoms with Gasteiger partial charge in [-0.1, -0.05) is 28.7 Å². The lowest BCUT2D eigenvalue weighted by molar-refractivity contribution is -0.151. The molecule has 0 N–H and O–H groups in total. The zero-order valence-corrected chi connectivity index (χ0v) is 14.4. The highest BCUT2D eigenvalue weighted by Gasteiger charge is 2.30. The third-order valence-corrected chi connectivity index (χ3v) is 3.05. The van der Waals surface area contributed by atoms with E-state index in [1.54, 1.807) is 17.1 Å². The van der Waals surface area contributed by atoms with Crippen LogP contribution >= 0.6 is 22.6 Å². The van der Waals surface area contributed by atoms with E-state index in [0.29, 0.717) is 6.61 Å². The quantitative estimate of drug-likeness (QED) is 0.438. The Hall–Kier alpha value is -0.800. The third kappa shape index (κ3) is 6.97. The smallest absolute Gasteiger partial charge is 0.416 e. The average Bonchev–Trinajstić information content (AvgIpc) is 2.45. The van der Waals surface area contributed by atoms with E-state index in [0.717, 1.165) is 12.1 Å². The Morgan fingerprint density at radius 2 is 2.05 bits per heavy atom. The van der Waals surface area contributed by atoms with Crippen LogP contribution in [0.15, 0.2) is 34.4 Å². The fraction of sp³-hybridized carbons (Fsp3) is 0.467. The van der Waals surface area contributed by atoms with Gasteiger partial charge in [0.25, 0.3) is 0 Å². The van der Waals surface area contributed by atoms with Crippen LogP contribution < -0.4 is 4.74 Å². The zero-order chi connectivity index (χ0) is 16.6. The zero-order valence-electron chi connectivity index (χ0n) is 12.3. The van der Waals surface area contributed by atoms with Gasteiger partial charge in [-0.15, -0.1) is 0 Å². The molecule has 0 aromatic heterocycles. The highest BCUT2D eigenvalue weighted by atomic mass is 127. The van der Waals surface area contributed by atoms with Gasteiger partial charge in [-0.3, -0.25) is 0 Å². The number of rotatable bonds is 8. The van der Waals surface area contributed by atoms with Gasteiger partial charge in [0, 0.05) is 6.61 Å². The Balaban J connectivity index is 2.65. The molecule has 0 amide bonds. The first kappa shape index (κ1) is 19.2. The summed E-state index contributed by atoms with van der Waals surface area (Å²) < 4.78 is 55.9. The van der Waals surface area contributed by atoms with Gasteiger partial charge >= 0.3 is 6.18 Å². The van der Waals surface area contributed by atoms with Gasteiger partial charge in [-0.25, -0.2) is 0 Å². The summed E-state index contributed by atoms with van der Waals surface area (Å²) in [5, 5.41) is 0. The Morgan fingerprint density at radius 3 is 2.64 bits per heavy atom. The van der Waals surface area contributed by atoms with Crippen molar-refractivity contribution in [3.05, 3.63) is 40.0 Å². The lowest BCUT2D eigenvalue weighted by atomic mass is 10.2. The number of alkyl halides is 3. The van der Waals surface area contributed by atoms with E-state index in [2.05, 4.69) is 0 Å². The summed E-state index contributed by atoms with van der Waals surface area (Å²) >= 11 is 2.04. The SMILES string of the molecule is CCOC(C)OC(/C=C/I)COc1cccc(C(F)(F)F)c1. The first-order valence-corrected chi connectivity index (χ1v) is 7.95. The van der Waals surface area contributed by atoms with Gasteiger partial charge < -0.3 is 14.2 Å². The molecule has 0 heterocycles. The monoisotopic (exact) mass is 430 g/mol. The standard InChI is InChI=1S/C15H18F3IO3/c1-3-20-11(2)22-14(7-8-19)10-21-13-6-4-5-12(9-13)15(16,17)18/h4-9,11,14H,3,10H2,1-2H3/b8-7+. The van der Waals surface area contributed by atoms with Gasteiger partial charge in [0.2, 0.25) is 0 Å². The predicted octanol–water partition coefficient (Wildman–Crippen LogP) is 4.80. The van der Waals surface area contributed by atoms with Crippen molar-refractivity contribution in [2.75, 3.05) is 13.2 Å². The molecular weight excluding hydrogens is 412 g/mol. The maximum Gasteiger partial charge on any atom is 0.416 e. The molecule has 0 saturated heterocycles. The largest absolute Gasteiger partial charge is 0.491 e. The maximum absolute atomic E-state index is 12.6. The molecule has 1 rings (SSSR count). The second-order valence-electron chi connectivity index (χ2n) is 4.35. The van der Waals surface area contributed by atoms with Crippen LogP contribution in [-0.2, 0) is 15.7 Å². The first-order chi connectivity index (χ1) is 10.4. The summed E-state index contributed by atoms with van der Waals surface area (Å²) in [4.78, 5) is 0. The van der Waals surface area contributed by atoms with Crippen LogP contribution in [0.4, 0.5) is 13.2 Å². The van der Waals surface area contributed by atoms with E-state index in [1.807, 2.05) is 29.5 Å². The molecule has 0 aliphatic rings. The van der Waals surface area contributed by atoms with Crippen molar-refractivity contribution in [3.8, 4) is 5.75 Å². The minimum absolute atomic E-state index is 0.0955. The minimum atomic E-state index is -4.39. The van der Waals surface area contributed by atoms with E-state index >= 15 is 0 Å². The number of benzene rings is 1. The molecule has 1 aromatic carbocycles. The molecule has 0 fully saturated rings. The van der Waals surface area contributed by atoms with Crippen molar-refractivity contribution in [3.63, 3.8) is 0 Å². The molecule has 0 radical (unpaired) electrons. The van der Waals surface area contributed by atoms with Gasteiger partial charge in [0.15, 0.2) is 6.29 Å². The van der Waals surface area contributed by atoms with E-state index in [4.69, 9.17) is 14.2 Å². The van der Waals surface area contributed by atoms with Crippen molar-refractivity contribution in [2.45, 2.75) is 32.4 Å². The molecule has 2 unspecified atom stereocenters. The Labute approximate surface area is 141 Å².